The zero-order chi connectivity index (χ0) is 31.7. The first kappa shape index (κ1) is 36.3. The summed E-state index contributed by atoms with van der Waals surface area (Å²) in [5.74, 6) is 0. The lowest BCUT2D eigenvalue weighted by molar-refractivity contribution is 0.564. The Morgan fingerprint density at radius 2 is 1.33 bits per heavy atom. The van der Waals surface area contributed by atoms with E-state index in [1.165, 1.54) is 103 Å². The highest BCUT2D eigenvalue weighted by atomic mass is 14.2. The van der Waals surface area contributed by atoms with Gasteiger partial charge in [-0.3, -0.25) is 0 Å². The molecule has 0 saturated carbocycles. The maximum absolute atomic E-state index is 4.54. The lowest BCUT2D eigenvalue weighted by Gasteiger charge is -2.22. The van der Waals surface area contributed by atoms with Crippen molar-refractivity contribution < 1.29 is 0 Å². The molecule has 0 aliphatic heterocycles. The number of aryl methyl sites for hydroxylation is 2. The molecule has 234 valence electrons. The summed E-state index contributed by atoms with van der Waals surface area (Å²) in [6.45, 7) is 26.0. The van der Waals surface area contributed by atoms with Gasteiger partial charge >= 0.3 is 0 Å². The second-order valence-corrected chi connectivity index (χ2v) is 13.8. The highest BCUT2D eigenvalue weighted by molar-refractivity contribution is 5.42. The van der Waals surface area contributed by atoms with E-state index < -0.39 is 0 Å². The fourth-order valence-electron chi connectivity index (χ4n) is 5.58. The van der Waals surface area contributed by atoms with Crippen molar-refractivity contribution >= 4 is 0 Å². The van der Waals surface area contributed by atoms with E-state index in [9.17, 15) is 0 Å². The minimum atomic E-state index is 0.161. The van der Waals surface area contributed by atoms with Gasteiger partial charge in [-0.05, 0) is 96.8 Å². The van der Waals surface area contributed by atoms with Gasteiger partial charge in [0, 0.05) is 0 Å². The topological polar surface area (TPSA) is 0 Å². The molecule has 0 saturated heterocycles. The van der Waals surface area contributed by atoms with Crippen molar-refractivity contribution in [2.75, 3.05) is 0 Å². The molecular weight excluding hydrogens is 516 g/mol. The van der Waals surface area contributed by atoms with Gasteiger partial charge in [-0.25, -0.2) is 0 Å². The van der Waals surface area contributed by atoms with Crippen molar-refractivity contribution in [1.82, 2.24) is 0 Å². The molecule has 0 fully saturated rings. The van der Waals surface area contributed by atoms with E-state index in [-0.39, 0.29) is 5.41 Å². The lowest BCUT2D eigenvalue weighted by Crippen LogP contribution is -2.12. The Morgan fingerprint density at radius 3 is 1.91 bits per heavy atom. The summed E-state index contributed by atoms with van der Waals surface area (Å²) in [4.78, 5) is 0. The number of rotatable bonds is 20. The predicted molar refractivity (Wildman–Crippen MR) is 194 cm³/mol. The van der Waals surface area contributed by atoms with E-state index in [0.29, 0.717) is 0 Å². The molecule has 0 heteroatoms. The molecule has 0 aliphatic carbocycles. The van der Waals surface area contributed by atoms with Crippen LogP contribution in [-0.2, 0) is 31.1 Å². The van der Waals surface area contributed by atoms with Crippen molar-refractivity contribution in [2.45, 2.75) is 137 Å². The van der Waals surface area contributed by atoms with E-state index in [1.807, 2.05) is 6.92 Å². The molecule has 0 heterocycles. The van der Waals surface area contributed by atoms with Gasteiger partial charge in [-0.2, -0.15) is 0 Å². The molecule has 0 radical (unpaired) electrons. The second-order valence-electron chi connectivity index (χ2n) is 13.8. The molecule has 0 bridgehead atoms. The standard InChI is InChI=1S/C43H62/c1-10-12-13-14-15-16-17-18-19-21-40-28-29-42(43(7,8)9)33-41(40)30-35(5)22-23-37-24-26-38(27-25-37)32-39(20-11-2)31-36(6)34(3)4/h11,20,24-29,31,33H,3,5-6,10,12-19,21-23,30,32H2,1-2,4,7-9H3/b20-11-,39-31+. The van der Waals surface area contributed by atoms with Crippen LogP contribution in [0.15, 0.2) is 103 Å². The van der Waals surface area contributed by atoms with Gasteiger partial charge in [0.05, 0.1) is 0 Å². The molecule has 0 spiro atoms. The highest BCUT2D eigenvalue weighted by Crippen LogP contribution is 2.28. The van der Waals surface area contributed by atoms with Crippen LogP contribution in [0.4, 0.5) is 0 Å². The molecule has 0 aliphatic rings. The summed E-state index contributed by atoms with van der Waals surface area (Å²) in [5, 5.41) is 0. The van der Waals surface area contributed by atoms with Crippen LogP contribution in [0.3, 0.4) is 0 Å². The van der Waals surface area contributed by atoms with E-state index in [4.69, 9.17) is 0 Å². The molecule has 43 heavy (non-hydrogen) atoms. The van der Waals surface area contributed by atoms with Gasteiger partial charge in [0.1, 0.15) is 0 Å². The Kier molecular flexibility index (Phi) is 16.4. The third-order valence-electron chi connectivity index (χ3n) is 8.55. The van der Waals surface area contributed by atoms with Gasteiger partial charge in [0.2, 0.25) is 0 Å². The fraction of sp³-hybridized carbons (Fsp3) is 0.488. The largest absolute Gasteiger partial charge is 0.0995 e. The molecule has 0 amide bonds. The Labute approximate surface area is 266 Å². The quantitative estimate of drug-likeness (QED) is 0.0832. The summed E-state index contributed by atoms with van der Waals surface area (Å²) in [5.41, 5.74) is 11.9. The summed E-state index contributed by atoms with van der Waals surface area (Å²) in [6, 6.07) is 16.4. The smallest absolute Gasteiger partial charge is 0.00257 e. The highest BCUT2D eigenvalue weighted by Gasteiger charge is 2.16. The van der Waals surface area contributed by atoms with Crippen molar-refractivity contribution in [3.63, 3.8) is 0 Å². The van der Waals surface area contributed by atoms with Gasteiger partial charge in [-0.1, -0.05) is 171 Å². The predicted octanol–water partition coefficient (Wildman–Crippen LogP) is 13.0. The third-order valence-corrected chi connectivity index (χ3v) is 8.55. The number of allylic oxidation sites excluding steroid dienone is 7. The minimum absolute atomic E-state index is 0.161. The van der Waals surface area contributed by atoms with E-state index >= 15 is 0 Å². The average molecular weight is 579 g/mol. The van der Waals surface area contributed by atoms with Crippen LogP contribution in [0.1, 0.15) is 134 Å². The maximum atomic E-state index is 4.54. The van der Waals surface area contributed by atoms with Crippen molar-refractivity contribution in [3.8, 4) is 0 Å². The summed E-state index contributed by atoms with van der Waals surface area (Å²) in [6.07, 6.45) is 23.9. The third kappa shape index (κ3) is 14.4. The van der Waals surface area contributed by atoms with Gasteiger partial charge < -0.3 is 0 Å². The average Bonchev–Trinajstić information content (AvgIpc) is 2.96. The normalized spacial score (nSPS) is 12.2. The molecule has 2 aromatic rings. The number of hydrogen-bond donors (Lipinski definition) is 0. The number of unbranched alkanes of at least 4 members (excludes halogenated alkanes) is 8. The molecule has 0 atom stereocenters. The fourth-order valence-corrected chi connectivity index (χ4v) is 5.58. The van der Waals surface area contributed by atoms with Crippen LogP contribution in [0.25, 0.3) is 0 Å². The van der Waals surface area contributed by atoms with Gasteiger partial charge in [0.25, 0.3) is 0 Å². The van der Waals surface area contributed by atoms with E-state index in [1.54, 1.807) is 0 Å². The first-order chi connectivity index (χ1) is 20.5. The van der Waals surface area contributed by atoms with E-state index in [0.717, 1.165) is 36.8 Å². The zero-order valence-electron chi connectivity index (χ0n) is 28.8. The van der Waals surface area contributed by atoms with Gasteiger partial charge in [-0.15, -0.1) is 0 Å². The summed E-state index contributed by atoms with van der Waals surface area (Å²) < 4.78 is 0. The number of hydrogen-bond acceptors (Lipinski definition) is 0. The van der Waals surface area contributed by atoms with Crippen molar-refractivity contribution in [2.24, 2.45) is 0 Å². The molecule has 0 aromatic heterocycles. The monoisotopic (exact) mass is 578 g/mol. The van der Waals surface area contributed by atoms with Crippen LogP contribution in [-0.4, -0.2) is 0 Å². The lowest BCUT2D eigenvalue weighted by atomic mass is 9.83. The van der Waals surface area contributed by atoms with Crippen LogP contribution in [0.2, 0.25) is 0 Å². The van der Waals surface area contributed by atoms with Crippen molar-refractivity contribution in [3.05, 3.63) is 131 Å². The van der Waals surface area contributed by atoms with E-state index in [2.05, 4.69) is 115 Å². The Hall–Kier alpha value is -2.86. The SMILES string of the molecule is C=C(CCc1ccc(CC(/C=C\C)=C/C(=C)C(=C)C)cc1)Cc1cc(C(C)(C)C)ccc1CCCCCCCCCCC. The number of benzene rings is 2. The second kappa shape index (κ2) is 19.4. The Bertz CT molecular complexity index is 1210. The summed E-state index contributed by atoms with van der Waals surface area (Å²) in [7, 11) is 0. The zero-order valence-corrected chi connectivity index (χ0v) is 28.8. The maximum Gasteiger partial charge on any atom is -0.00257 e. The molecule has 0 unspecified atom stereocenters. The molecule has 2 rings (SSSR count). The molecule has 2 aromatic carbocycles. The molecule has 0 nitrogen and oxygen atoms in total. The Morgan fingerprint density at radius 1 is 0.721 bits per heavy atom. The van der Waals surface area contributed by atoms with Crippen LogP contribution >= 0.6 is 0 Å². The first-order valence-corrected chi connectivity index (χ1v) is 17.1. The minimum Gasteiger partial charge on any atom is -0.0995 e. The summed E-state index contributed by atoms with van der Waals surface area (Å²) >= 11 is 0. The van der Waals surface area contributed by atoms with Crippen LogP contribution in [0.5, 0.6) is 0 Å². The first-order valence-electron chi connectivity index (χ1n) is 17.1. The molecule has 0 N–H and O–H groups in total. The Balaban J connectivity index is 1.95. The van der Waals surface area contributed by atoms with Crippen LogP contribution < -0.4 is 0 Å². The van der Waals surface area contributed by atoms with Crippen LogP contribution in [0, 0.1) is 0 Å². The molecular formula is C43H62. The van der Waals surface area contributed by atoms with Gasteiger partial charge in [0.15, 0.2) is 0 Å². The van der Waals surface area contributed by atoms with Crippen molar-refractivity contribution in [1.29, 1.82) is 0 Å².